The molecule has 4 aliphatic rings. The zero-order chi connectivity index (χ0) is 27.7. The Hall–Kier alpha value is -1.09. The molecule has 0 spiro atoms. The van der Waals surface area contributed by atoms with E-state index in [1.54, 1.807) is 5.57 Å². The first-order valence-electron chi connectivity index (χ1n) is 16.0. The largest absolute Gasteiger partial charge is 0.457 e. The van der Waals surface area contributed by atoms with E-state index >= 15 is 0 Å². The van der Waals surface area contributed by atoms with Crippen molar-refractivity contribution in [3.63, 3.8) is 0 Å². The Morgan fingerprint density at radius 3 is 2.53 bits per heavy atom. The van der Waals surface area contributed by atoms with Crippen LogP contribution in [0.3, 0.4) is 0 Å². The third kappa shape index (κ3) is 6.45. The number of hydrogen-bond donors (Lipinski definition) is 0. The molecule has 0 aromatic carbocycles. The first-order chi connectivity index (χ1) is 17.8. The summed E-state index contributed by atoms with van der Waals surface area (Å²) in [6.07, 6.45) is 21.0. The van der Waals surface area contributed by atoms with E-state index in [9.17, 15) is 4.79 Å². The van der Waals surface area contributed by atoms with E-state index in [0.29, 0.717) is 17.4 Å². The topological polar surface area (TPSA) is 35.5 Å². The highest BCUT2D eigenvalue weighted by Crippen LogP contribution is 2.67. The van der Waals surface area contributed by atoms with Gasteiger partial charge in [0.1, 0.15) is 5.60 Å². The Bertz CT molecular complexity index is 878. The minimum Gasteiger partial charge on any atom is -0.457 e. The van der Waals surface area contributed by atoms with E-state index in [2.05, 4.69) is 40.7 Å². The summed E-state index contributed by atoms with van der Waals surface area (Å²) < 4.78 is 11.6. The van der Waals surface area contributed by atoms with Crippen LogP contribution in [0, 0.1) is 46.3 Å². The molecule has 3 saturated carbocycles. The molecule has 0 aromatic heterocycles. The van der Waals surface area contributed by atoms with E-state index in [1.807, 2.05) is 26.8 Å². The lowest BCUT2D eigenvalue weighted by Crippen LogP contribution is -2.51. The van der Waals surface area contributed by atoms with Gasteiger partial charge in [-0.2, -0.15) is 0 Å². The second-order valence-electron chi connectivity index (χ2n) is 15.4. The molecular formula is C35H58O3. The van der Waals surface area contributed by atoms with Crippen molar-refractivity contribution >= 4 is 5.97 Å². The van der Waals surface area contributed by atoms with Crippen molar-refractivity contribution < 1.29 is 14.3 Å². The summed E-state index contributed by atoms with van der Waals surface area (Å²) in [5.74, 6) is 5.00. The maximum Gasteiger partial charge on any atom is 0.331 e. The molecule has 0 amide bonds. The van der Waals surface area contributed by atoms with Crippen LogP contribution < -0.4 is 0 Å². The van der Waals surface area contributed by atoms with E-state index in [1.165, 1.54) is 63.9 Å². The minimum atomic E-state index is -0.455. The summed E-state index contributed by atoms with van der Waals surface area (Å²) in [6.45, 7) is 18.8. The van der Waals surface area contributed by atoms with Crippen LogP contribution in [0.15, 0.2) is 23.8 Å². The summed E-state index contributed by atoms with van der Waals surface area (Å²) in [7, 11) is 0. The van der Waals surface area contributed by atoms with Gasteiger partial charge in [-0.05, 0) is 118 Å². The van der Waals surface area contributed by atoms with Crippen LogP contribution in [-0.4, -0.2) is 24.3 Å². The van der Waals surface area contributed by atoms with Gasteiger partial charge in [0.05, 0.1) is 12.7 Å². The fourth-order valence-corrected chi connectivity index (χ4v) is 9.47. The van der Waals surface area contributed by atoms with Gasteiger partial charge in [0.25, 0.3) is 0 Å². The highest BCUT2D eigenvalue weighted by atomic mass is 16.6. The summed E-state index contributed by atoms with van der Waals surface area (Å²) in [5, 5.41) is 0. The van der Waals surface area contributed by atoms with E-state index in [-0.39, 0.29) is 12.1 Å². The second-order valence-corrected chi connectivity index (χ2v) is 15.4. The molecule has 0 bridgehead atoms. The molecule has 0 aliphatic heterocycles. The lowest BCUT2D eigenvalue weighted by molar-refractivity contribution is -0.148. The van der Waals surface area contributed by atoms with Gasteiger partial charge in [-0.15, -0.1) is 0 Å². The van der Waals surface area contributed by atoms with Crippen molar-refractivity contribution in [3.05, 3.63) is 23.8 Å². The summed E-state index contributed by atoms with van der Waals surface area (Å²) in [4.78, 5) is 11.9. The smallest absolute Gasteiger partial charge is 0.331 e. The molecule has 216 valence electrons. The summed E-state index contributed by atoms with van der Waals surface area (Å²) in [5.41, 5.74) is 2.13. The Morgan fingerprint density at radius 2 is 1.82 bits per heavy atom. The number of esters is 1. The van der Waals surface area contributed by atoms with Crippen LogP contribution in [0.5, 0.6) is 0 Å². The van der Waals surface area contributed by atoms with Gasteiger partial charge < -0.3 is 9.47 Å². The number of fused-ring (bicyclic) bond motifs is 5. The average Bonchev–Trinajstić information content (AvgIpc) is 3.18. The zero-order valence-corrected chi connectivity index (χ0v) is 26.0. The normalized spacial score (nSPS) is 37.9. The number of ether oxygens (including phenoxy) is 2. The van der Waals surface area contributed by atoms with Crippen LogP contribution in [0.2, 0.25) is 0 Å². The fraction of sp³-hybridized carbons (Fsp3) is 0.857. The maximum absolute atomic E-state index is 11.9. The number of hydrogen-bond acceptors (Lipinski definition) is 3. The van der Waals surface area contributed by atoms with Crippen molar-refractivity contribution in [2.75, 3.05) is 6.61 Å². The Kier molecular flexibility index (Phi) is 9.28. The fourth-order valence-electron chi connectivity index (χ4n) is 9.47. The van der Waals surface area contributed by atoms with Crippen LogP contribution in [-0.2, 0) is 14.3 Å². The third-order valence-corrected chi connectivity index (χ3v) is 11.3. The van der Waals surface area contributed by atoms with Gasteiger partial charge in [0.15, 0.2) is 0 Å². The number of rotatable bonds is 9. The molecular weight excluding hydrogens is 468 g/mol. The van der Waals surface area contributed by atoms with Crippen molar-refractivity contribution in [3.8, 4) is 0 Å². The number of allylic oxidation sites excluding steroid dienone is 1. The van der Waals surface area contributed by atoms with Gasteiger partial charge in [-0.25, -0.2) is 4.79 Å². The van der Waals surface area contributed by atoms with Gasteiger partial charge in [-0.3, -0.25) is 0 Å². The summed E-state index contributed by atoms with van der Waals surface area (Å²) >= 11 is 0. The maximum atomic E-state index is 11.9. The second kappa shape index (κ2) is 11.8. The van der Waals surface area contributed by atoms with E-state index in [4.69, 9.17) is 9.47 Å². The van der Waals surface area contributed by atoms with Gasteiger partial charge in [0, 0.05) is 6.08 Å². The number of carbonyl (C=O) groups excluding carboxylic acids is 1. The van der Waals surface area contributed by atoms with Crippen LogP contribution in [0.1, 0.15) is 126 Å². The molecule has 38 heavy (non-hydrogen) atoms. The van der Waals surface area contributed by atoms with Crippen molar-refractivity contribution in [2.45, 2.75) is 138 Å². The summed E-state index contributed by atoms with van der Waals surface area (Å²) in [6, 6.07) is 0. The van der Waals surface area contributed by atoms with Gasteiger partial charge in [0.2, 0.25) is 0 Å². The van der Waals surface area contributed by atoms with E-state index in [0.717, 1.165) is 48.3 Å². The first-order valence-corrected chi connectivity index (χ1v) is 16.0. The molecule has 0 saturated heterocycles. The van der Waals surface area contributed by atoms with Crippen molar-refractivity contribution in [2.24, 2.45) is 46.3 Å². The molecule has 4 rings (SSSR count). The number of carbonyl (C=O) groups is 1. The molecule has 0 N–H and O–H groups in total. The standard InChI is InChI=1S/C35H58O3/c1-24(2)11-9-12-25(3)29-16-17-30-28-15-14-26-23-27(37-22-10-13-32(36)38-33(4,5)6)18-20-34(26,7)31(28)19-21-35(29,30)8/h10,13-14,24-25,27-31H,9,11-12,15-23H2,1-8H3/b13-10+/t25-,27+,28?,29-,30?,31?,34+,35-/m1/s1. The zero-order valence-electron chi connectivity index (χ0n) is 26.0. The Balaban J connectivity index is 1.34. The Labute approximate surface area is 234 Å². The Morgan fingerprint density at radius 1 is 1.05 bits per heavy atom. The first kappa shape index (κ1) is 29.9. The molecule has 4 aliphatic carbocycles. The van der Waals surface area contributed by atoms with Crippen LogP contribution >= 0.6 is 0 Å². The molecule has 0 radical (unpaired) electrons. The average molecular weight is 527 g/mol. The van der Waals surface area contributed by atoms with Gasteiger partial charge >= 0.3 is 5.97 Å². The lowest BCUT2D eigenvalue weighted by atomic mass is 9.47. The highest BCUT2D eigenvalue weighted by Gasteiger charge is 2.59. The molecule has 3 unspecified atom stereocenters. The molecule has 3 heteroatoms. The van der Waals surface area contributed by atoms with Crippen molar-refractivity contribution in [1.29, 1.82) is 0 Å². The molecule has 3 nitrogen and oxygen atoms in total. The van der Waals surface area contributed by atoms with Gasteiger partial charge in [-0.1, -0.05) is 71.6 Å². The predicted octanol–water partition coefficient (Wildman–Crippen LogP) is 9.31. The molecule has 0 aromatic rings. The lowest BCUT2D eigenvalue weighted by Gasteiger charge is -2.58. The monoisotopic (exact) mass is 526 g/mol. The van der Waals surface area contributed by atoms with E-state index < -0.39 is 5.60 Å². The molecule has 0 heterocycles. The van der Waals surface area contributed by atoms with Crippen LogP contribution in [0.4, 0.5) is 0 Å². The highest BCUT2D eigenvalue weighted by molar-refractivity contribution is 5.82. The molecule has 3 fully saturated rings. The van der Waals surface area contributed by atoms with Crippen molar-refractivity contribution in [1.82, 2.24) is 0 Å². The molecule has 8 atom stereocenters. The SMILES string of the molecule is CC(C)CCC[C@@H](C)[C@H]1CCC2C3CC=C4C[C@@H](OC/C=C/C(=O)OC(C)(C)C)CC[C@]4(C)C3CC[C@@]21C. The third-order valence-electron chi connectivity index (χ3n) is 11.3. The quantitative estimate of drug-likeness (QED) is 0.171. The predicted molar refractivity (Wildman–Crippen MR) is 158 cm³/mol. The van der Waals surface area contributed by atoms with Crippen LogP contribution in [0.25, 0.3) is 0 Å². The minimum absolute atomic E-state index is 0.269.